The van der Waals surface area contributed by atoms with E-state index in [4.69, 9.17) is 16.3 Å². The van der Waals surface area contributed by atoms with Crippen molar-refractivity contribution >= 4 is 52.5 Å². The highest BCUT2D eigenvalue weighted by molar-refractivity contribution is 8.04. The van der Waals surface area contributed by atoms with Crippen LogP contribution in [0, 0.1) is 6.92 Å². The summed E-state index contributed by atoms with van der Waals surface area (Å²) in [6, 6.07) is 21.5. The van der Waals surface area contributed by atoms with Gasteiger partial charge in [-0.2, -0.15) is 0 Å². The van der Waals surface area contributed by atoms with Crippen LogP contribution in [-0.4, -0.2) is 42.9 Å². The number of hydrogen-bond donors (Lipinski definition) is 2. The Morgan fingerprint density at radius 3 is 2.46 bits per heavy atom. The minimum absolute atomic E-state index is 0.224. The van der Waals surface area contributed by atoms with Gasteiger partial charge in [0, 0.05) is 36.5 Å². The first-order valence-electron chi connectivity index (χ1n) is 11.6. The second kappa shape index (κ2) is 12.1. The Hall–Kier alpha value is -3.59. The van der Waals surface area contributed by atoms with Gasteiger partial charge in [0.25, 0.3) is 17.7 Å². The van der Waals surface area contributed by atoms with E-state index in [0.717, 1.165) is 5.56 Å². The number of ether oxygens (including phenoxy) is 1. The predicted octanol–water partition coefficient (Wildman–Crippen LogP) is 5.72. The monoisotopic (exact) mass is 535 g/mol. The van der Waals surface area contributed by atoms with E-state index in [1.54, 1.807) is 49.6 Å². The molecular weight excluding hydrogens is 510 g/mol. The van der Waals surface area contributed by atoms with Crippen molar-refractivity contribution in [3.05, 3.63) is 99.5 Å². The van der Waals surface area contributed by atoms with Gasteiger partial charge in [0.1, 0.15) is 10.6 Å². The first-order chi connectivity index (χ1) is 17.9. The van der Waals surface area contributed by atoms with Crippen LogP contribution in [0.25, 0.3) is 0 Å². The fourth-order valence-corrected chi connectivity index (χ4v) is 4.94. The summed E-state index contributed by atoms with van der Waals surface area (Å²) in [7, 11) is 1.58. The van der Waals surface area contributed by atoms with Crippen molar-refractivity contribution in [1.29, 1.82) is 0 Å². The van der Waals surface area contributed by atoms with Gasteiger partial charge in [-0.25, -0.2) is 0 Å². The first kappa shape index (κ1) is 26.5. The number of aryl methyl sites for hydroxylation is 1. The van der Waals surface area contributed by atoms with Crippen LogP contribution >= 0.6 is 23.4 Å². The maximum absolute atomic E-state index is 13.3. The molecule has 0 spiro atoms. The highest BCUT2D eigenvalue weighted by atomic mass is 35.5. The molecule has 0 radical (unpaired) electrons. The molecule has 0 aromatic heterocycles. The second-order valence-corrected chi connectivity index (χ2v) is 9.86. The lowest BCUT2D eigenvalue weighted by atomic mass is 10.2. The molecule has 0 saturated heterocycles. The molecule has 1 aliphatic rings. The number of anilines is 2. The van der Waals surface area contributed by atoms with Crippen LogP contribution in [-0.2, 0) is 14.3 Å². The summed E-state index contributed by atoms with van der Waals surface area (Å²) in [5, 5.41) is 6.34. The molecule has 3 amide bonds. The summed E-state index contributed by atoms with van der Waals surface area (Å²) in [6.45, 7) is 2.67. The number of amides is 3. The largest absolute Gasteiger partial charge is 0.385 e. The number of nitrogens with one attached hydrogen (secondary N) is 2. The van der Waals surface area contributed by atoms with E-state index in [1.165, 1.54) is 16.7 Å². The minimum Gasteiger partial charge on any atom is -0.385 e. The molecule has 2 N–H and O–H groups in total. The van der Waals surface area contributed by atoms with Gasteiger partial charge in [-0.1, -0.05) is 59.3 Å². The summed E-state index contributed by atoms with van der Waals surface area (Å²) in [5.74, 6) is -1.09. The second-order valence-electron chi connectivity index (χ2n) is 8.37. The molecule has 0 atom stereocenters. The Kier molecular flexibility index (Phi) is 8.66. The summed E-state index contributed by atoms with van der Waals surface area (Å²) < 4.78 is 5.09. The normalized spacial score (nSPS) is 13.3. The number of halogens is 1. The average molecular weight is 536 g/mol. The van der Waals surface area contributed by atoms with Gasteiger partial charge in [0.15, 0.2) is 0 Å². The number of rotatable bonds is 10. The maximum atomic E-state index is 13.3. The number of hydrogen-bond acceptors (Lipinski definition) is 6. The van der Waals surface area contributed by atoms with Gasteiger partial charge in [0.05, 0.1) is 10.6 Å². The lowest BCUT2D eigenvalue weighted by Crippen LogP contribution is -2.33. The number of nitrogens with zero attached hydrogens (tertiary/aromatic N) is 1. The van der Waals surface area contributed by atoms with Gasteiger partial charge in [-0.3, -0.25) is 19.3 Å². The van der Waals surface area contributed by atoms with Crippen molar-refractivity contribution < 1.29 is 19.1 Å². The lowest BCUT2D eigenvalue weighted by Gasteiger charge is -2.14. The van der Waals surface area contributed by atoms with Crippen molar-refractivity contribution in [2.24, 2.45) is 0 Å². The van der Waals surface area contributed by atoms with Crippen molar-refractivity contribution in [3.63, 3.8) is 0 Å². The molecule has 1 aliphatic heterocycles. The Morgan fingerprint density at radius 2 is 1.73 bits per heavy atom. The Bertz CT molecular complexity index is 1360. The summed E-state index contributed by atoms with van der Waals surface area (Å²) >= 11 is 7.32. The van der Waals surface area contributed by atoms with Crippen molar-refractivity contribution in [3.8, 4) is 0 Å². The fourth-order valence-electron chi connectivity index (χ4n) is 3.71. The molecule has 1 heterocycles. The van der Waals surface area contributed by atoms with E-state index in [9.17, 15) is 14.4 Å². The lowest BCUT2D eigenvalue weighted by molar-refractivity contribution is -0.137. The number of imide groups is 1. The van der Waals surface area contributed by atoms with Crippen molar-refractivity contribution in [2.45, 2.75) is 18.2 Å². The van der Waals surface area contributed by atoms with E-state index in [0.29, 0.717) is 39.9 Å². The third-order valence-corrected chi connectivity index (χ3v) is 7.01. The third kappa shape index (κ3) is 6.40. The number of carbonyl (C=O) groups excluding carboxylic acids is 3. The van der Waals surface area contributed by atoms with Crippen molar-refractivity contribution in [1.82, 2.24) is 4.90 Å². The topological polar surface area (TPSA) is 87.7 Å². The molecule has 0 saturated carbocycles. The molecule has 7 nitrogen and oxygen atoms in total. The SMILES string of the molecule is COCCCN1C(=O)C(Nc2ccc(C)cc2)=C(Sc2cccc(NC(=O)c3ccccc3Cl)c2)C1=O. The average Bonchev–Trinajstić information content (AvgIpc) is 3.10. The summed E-state index contributed by atoms with van der Waals surface area (Å²) in [4.78, 5) is 41.5. The third-order valence-electron chi connectivity index (χ3n) is 5.61. The van der Waals surface area contributed by atoms with E-state index >= 15 is 0 Å². The summed E-state index contributed by atoms with van der Waals surface area (Å²) in [5.41, 5.74) is 2.91. The zero-order valence-electron chi connectivity index (χ0n) is 20.4. The molecular formula is C28H26ClN3O4S. The maximum Gasteiger partial charge on any atom is 0.278 e. The smallest absolute Gasteiger partial charge is 0.278 e. The molecule has 0 fully saturated rings. The van der Waals surface area contributed by atoms with E-state index < -0.39 is 0 Å². The van der Waals surface area contributed by atoms with Crippen LogP contribution in [0.1, 0.15) is 22.3 Å². The number of thioether (sulfide) groups is 1. The fraction of sp³-hybridized carbons (Fsp3) is 0.179. The van der Waals surface area contributed by atoms with Gasteiger partial charge in [-0.05, 0) is 55.8 Å². The number of methoxy groups -OCH3 is 1. The minimum atomic E-state index is -0.382. The highest BCUT2D eigenvalue weighted by Crippen LogP contribution is 2.37. The molecule has 3 aromatic rings. The number of benzene rings is 3. The quantitative estimate of drug-likeness (QED) is 0.255. The van der Waals surface area contributed by atoms with Crippen LogP contribution in [0.15, 0.2) is 88.3 Å². The summed E-state index contributed by atoms with van der Waals surface area (Å²) in [6.07, 6.45) is 0.535. The van der Waals surface area contributed by atoms with Gasteiger partial charge in [0.2, 0.25) is 0 Å². The van der Waals surface area contributed by atoms with E-state index in [-0.39, 0.29) is 34.9 Å². The molecule has 37 heavy (non-hydrogen) atoms. The standard InChI is InChI=1S/C28H26ClN3O4S/c1-18-11-13-19(14-12-18)30-24-25(28(35)32(27(24)34)15-6-16-36-2)37-21-8-5-7-20(17-21)31-26(33)22-9-3-4-10-23(22)29/h3-5,7-14,17,30H,6,15-16H2,1-2H3,(H,31,33). The zero-order chi connectivity index (χ0) is 26.4. The van der Waals surface area contributed by atoms with Crippen LogP contribution in [0.5, 0.6) is 0 Å². The first-order valence-corrected chi connectivity index (χ1v) is 12.8. The van der Waals surface area contributed by atoms with Gasteiger partial charge in [-0.15, -0.1) is 0 Å². The molecule has 0 bridgehead atoms. The molecule has 3 aromatic carbocycles. The Morgan fingerprint density at radius 1 is 0.973 bits per heavy atom. The highest BCUT2D eigenvalue weighted by Gasteiger charge is 2.38. The van der Waals surface area contributed by atoms with Gasteiger partial charge < -0.3 is 15.4 Å². The van der Waals surface area contributed by atoms with Crippen molar-refractivity contribution in [2.75, 3.05) is 30.9 Å². The van der Waals surface area contributed by atoms with Crippen LogP contribution in [0.4, 0.5) is 11.4 Å². The molecule has 0 unspecified atom stereocenters. The van der Waals surface area contributed by atoms with Crippen LogP contribution in [0.2, 0.25) is 5.02 Å². The zero-order valence-corrected chi connectivity index (χ0v) is 22.0. The van der Waals surface area contributed by atoms with E-state index in [2.05, 4.69) is 10.6 Å². The van der Waals surface area contributed by atoms with Crippen LogP contribution in [0.3, 0.4) is 0 Å². The molecule has 190 valence electrons. The van der Waals surface area contributed by atoms with Gasteiger partial charge >= 0.3 is 0 Å². The molecule has 4 rings (SSSR count). The molecule has 0 aliphatic carbocycles. The number of carbonyl (C=O) groups is 3. The van der Waals surface area contributed by atoms with Crippen LogP contribution < -0.4 is 10.6 Å². The van der Waals surface area contributed by atoms with E-state index in [1.807, 2.05) is 37.3 Å². The predicted molar refractivity (Wildman–Crippen MR) is 147 cm³/mol. The Labute approximate surface area is 224 Å². The Balaban J connectivity index is 1.59. The molecule has 9 heteroatoms.